The molecule has 17 nitrogen and oxygen atoms in total. The molecule has 1 aliphatic carbocycles. The van der Waals surface area contributed by atoms with E-state index in [0.29, 0.717) is 56.9 Å². The zero-order valence-corrected chi connectivity index (χ0v) is 43.2. The predicted molar refractivity (Wildman–Crippen MR) is 261 cm³/mol. The van der Waals surface area contributed by atoms with Crippen LogP contribution in [0.5, 0.6) is 0 Å². The Morgan fingerprint density at radius 1 is 0.886 bits per heavy atom. The number of aliphatic hydroxyl groups excluding tert-OH is 1. The number of esters is 1. The summed E-state index contributed by atoms with van der Waals surface area (Å²) >= 11 is 0. The summed E-state index contributed by atoms with van der Waals surface area (Å²) in [6, 6.07) is -1.20. The van der Waals surface area contributed by atoms with Crippen LogP contribution >= 0.6 is 0 Å². The minimum absolute atomic E-state index is 0.0526. The molecule has 1 amide bonds. The fourth-order valence-electron chi connectivity index (χ4n) is 10.8. The summed E-state index contributed by atoms with van der Waals surface area (Å²) in [7, 11) is 4.64. The molecular formula is C53H81N5O12. The van der Waals surface area contributed by atoms with E-state index in [1.54, 1.807) is 52.1 Å². The number of hydrogen-bond donors (Lipinski definition) is 2. The van der Waals surface area contributed by atoms with Gasteiger partial charge in [-0.1, -0.05) is 71.1 Å². The number of ketones is 3. The molecule has 1 aromatic rings. The summed E-state index contributed by atoms with van der Waals surface area (Å²) in [5, 5.41) is 35.2. The number of hydrogen-bond acceptors (Lipinski definition) is 15. The van der Waals surface area contributed by atoms with Gasteiger partial charge in [0, 0.05) is 58.5 Å². The quantitative estimate of drug-likeness (QED) is 0.222. The third-order valence-electron chi connectivity index (χ3n) is 15.5. The first-order valence-corrected chi connectivity index (χ1v) is 25.5. The van der Waals surface area contributed by atoms with Crippen molar-refractivity contribution in [2.24, 2.45) is 35.5 Å². The van der Waals surface area contributed by atoms with Crippen LogP contribution in [-0.4, -0.2) is 141 Å². The van der Waals surface area contributed by atoms with Gasteiger partial charge >= 0.3 is 5.97 Å². The molecule has 390 valence electrons. The highest BCUT2D eigenvalue weighted by molar-refractivity contribution is 6.39. The van der Waals surface area contributed by atoms with E-state index >= 15 is 0 Å². The summed E-state index contributed by atoms with van der Waals surface area (Å²) in [5.74, 6) is -7.68. The Hall–Kier alpha value is -4.26. The topological polar surface area (TPSA) is 219 Å². The van der Waals surface area contributed by atoms with Crippen molar-refractivity contribution >= 4 is 29.2 Å². The molecule has 3 aliphatic heterocycles. The van der Waals surface area contributed by atoms with Crippen molar-refractivity contribution < 1.29 is 57.9 Å². The van der Waals surface area contributed by atoms with Gasteiger partial charge in [-0.25, -0.2) is 9.48 Å². The smallest absolute Gasteiger partial charge is 0.329 e. The van der Waals surface area contributed by atoms with E-state index in [0.717, 1.165) is 24.8 Å². The fraction of sp³-hybridized carbons (Fsp3) is 0.736. The Bertz CT molecular complexity index is 2040. The molecule has 4 aliphatic rings. The molecule has 2 N–H and O–H groups in total. The van der Waals surface area contributed by atoms with Gasteiger partial charge < -0.3 is 38.8 Å². The van der Waals surface area contributed by atoms with Gasteiger partial charge in [-0.2, -0.15) is 0 Å². The minimum Gasteiger partial charge on any atom is -0.460 e. The van der Waals surface area contributed by atoms with Crippen LogP contribution in [0.2, 0.25) is 0 Å². The van der Waals surface area contributed by atoms with Crippen LogP contribution in [0.4, 0.5) is 0 Å². The lowest BCUT2D eigenvalue weighted by molar-refractivity contribution is -0.265. The number of rotatable bonds is 7. The van der Waals surface area contributed by atoms with Gasteiger partial charge in [0.2, 0.25) is 5.79 Å². The highest BCUT2D eigenvalue weighted by Gasteiger charge is 2.53. The molecule has 2 saturated heterocycles. The lowest BCUT2D eigenvalue weighted by Gasteiger charge is -2.42. The van der Waals surface area contributed by atoms with Gasteiger partial charge in [0.25, 0.3) is 11.7 Å². The predicted octanol–water partition coefficient (Wildman–Crippen LogP) is 6.44. The van der Waals surface area contributed by atoms with Gasteiger partial charge in [-0.3, -0.25) is 19.2 Å². The van der Waals surface area contributed by atoms with Crippen molar-refractivity contribution in [3.63, 3.8) is 0 Å². The van der Waals surface area contributed by atoms with Gasteiger partial charge in [0.05, 0.1) is 30.5 Å². The normalized spacial score (nSPS) is 36.1. The first-order valence-electron chi connectivity index (χ1n) is 25.5. The molecule has 3 unspecified atom stereocenters. The third kappa shape index (κ3) is 14.5. The molecule has 5 rings (SSSR count). The number of cyclic esters (lactones) is 1. The molecule has 17 heteroatoms. The number of amides is 1. The number of allylic oxidation sites excluding steroid dienone is 6. The molecule has 2 bridgehead atoms. The summed E-state index contributed by atoms with van der Waals surface area (Å²) in [4.78, 5) is 72.3. The van der Waals surface area contributed by atoms with E-state index in [1.807, 2.05) is 45.1 Å². The van der Waals surface area contributed by atoms with Gasteiger partial charge in [0.1, 0.15) is 24.6 Å². The zero-order chi connectivity index (χ0) is 51.3. The van der Waals surface area contributed by atoms with Crippen molar-refractivity contribution in [3.8, 4) is 0 Å². The van der Waals surface area contributed by atoms with Crippen LogP contribution in [0.1, 0.15) is 138 Å². The van der Waals surface area contributed by atoms with E-state index in [-0.39, 0.29) is 60.9 Å². The summed E-state index contributed by atoms with van der Waals surface area (Å²) in [5.41, 5.74) is 1.22. The number of tetrazole rings is 1. The van der Waals surface area contributed by atoms with Crippen molar-refractivity contribution in [2.45, 2.75) is 186 Å². The van der Waals surface area contributed by atoms with Gasteiger partial charge in [-0.15, -0.1) is 5.10 Å². The molecule has 0 radical (unpaired) electrons. The average molecular weight is 980 g/mol. The fourth-order valence-corrected chi connectivity index (χ4v) is 10.8. The number of carbonyl (C=O) groups excluding carboxylic acids is 5. The van der Waals surface area contributed by atoms with Gasteiger partial charge in [-0.05, 0) is 124 Å². The van der Waals surface area contributed by atoms with Crippen molar-refractivity contribution in [3.05, 3.63) is 53.9 Å². The maximum atomic E-state index is 14.5. The highest BCUT2D eigenvalue weighted by Crippen LogP contribution is 2.39. The monoisotopic (exact) mass is 980 g/mol. The van der Waals surface area contributed by atoms with E-state index in [4.69, 9.17) is 23.7 Å². The third-order valence-corrected chi connectivity index (χ3v) is 15.5. The van der Waals surface area contributed by atoms with E-state index in [9.17, 15) is 34.2 Å². The largest absolute Gasteiger partial charge is 0.460 e. The molecule has 0 aromatic carbocycles. The number of methoxy groups -OCH3 is 3. The minimum atomic E-state index is -2.43. The van der Waals surface area contributed by atoms with Crippen molar-refractivity contribution in [2.75, 3.05) is 27.9 Å². The first kappa shape index (κ1) is 56.7. The number of nitrogens with zero attached hydrogens (tertiary/aromatic N) is 5. The molecule has 1 aromatic heterocycles. The number of ether oxygens (including phenoxy) is 5. The van der Waals surface area contributed by atoms with Crippen molar-refractivity contribution in [1.82, 2.24) is 25.1 Å². The number of aromatic nitrogens is 4. The SMILES string of the molecule is COC1C(=O)C(C)CC[C@H](C)C=CC=CC=C(C)[C@@H](OC)C[C@@H]2CC[C@@H](C)[C@@](O)(O2)C(=O)C(=O)N2CCCC[C@H]2C(=O)O[C@H]([C@H](C)C[C@@H]2CC[C@H](n3cnnn3)[C@H](OC)C2)CC(=O)C(C)=CC(C)[C@H]1O. The van der Waals surface area contributed by atoms with E-state index < -0.39 is 77.8 Å². The highest BCUT2D eigenvalue weighted by atomic mass is 16.6. The van der Waals surface area contributed by atoms with E-state index in [2.05, 4.69) is 28.5 Å². The number of carbonyl (C=O) groups is 5. The lowest BCUT2D eigenvalue weighted by Crippen LogP contribution is -2.61. The van der Waals surface area contributed by atoms with Crippen LogP contribution in [0.25, 0.3) is 0 Å². The Balaban J connectivity index is 1.45. The molecule has 1 saturated carbocycles. The Morgan fingerprint density at radius 2 is 1.64 bits per heavy atom. The molecule has 15 atom stereocenters. The number of aliphatic hydroxyl groups is 2. The van der Waals surface area contributed by atoms with Crippen LogP contribution < -0.4 is 0 Å². The molecule has 3 fully saturated rings. The van der Waals surface area contributed by atoms with E-state index in [1.165, 1.54) is 12.0 Å². The Labute approximate surface area is 414 Å². The molecule has 0 spiro atoms. The van der Waals surface area contributed by atoms with Crippen LogP contribution in [0.15, 0.2) is 53.9 Å². The maximum absolute atomic E-state index is 14.5. The second kappa shape index (κ2) is 26.4. The Morgan fingerprint density at radius 3 is 2.33 bits per heavy atom. The summed E-state index contributed by atoms with van der Waals surface area (Å²) in [6.45, 7) is 12.9. The molecule has 4 heterocycles. The summed E-state index contributed by atoms with van der Waals surface area (Å²) in [6.07, 6.45) is 15.0. The average Bonchev–Trinajstić information content (AvgIpc) is 3.90. The van der Waals surface area contributed by atoms with Crippen LogP contribution in [-0.2, 0) is 47.7 Å². The Kier molecular flexibility index (Phi) is 21.4. The van der Waals surface area contributed by atoms with Gasteiger partial charge in [0.15, 0.2) is 11.6 Å². The number of Topliss-reactive ketones (excluding diaryl/α,β-unsaturated/α-hetero) is 3. The maximum Gasteiger partial charge on any atom is 0.329 e. The standard InChI is InChI=1S/C53H81N5O12/c1-32-16-12-11-13-17-33(2)44(66-8)29-40-23-21-38(7)53(65,70-40)50(62)51(63)57-25-15-14-18-42(57)52(64)69-45(36(5)27-39-22-24-41(46(28-39)67-9)58-31-54-55-56-58)30-43(59)35(4)26-37(6)48(61)49(68-10)47(60)34(3)20-19-32/h11-13,16-17,26,31-32,34,36-42,44-46,48-49,61,65H,14-15,18-25,27-30H2,1-10H3/t32-,34?,36-,37?,38-,39+,40+,41+,42+,44+,45+,46-,48-,49?,53-/m1/s1. The van der Waals surface area contributed by atoms with Crippen LogP contribution in [0, 0.1) is 35.5 Å². The zero-order valence-electron chi connectivity index (χ0n) is 43.2. The molecular weight excluding hydrogens is 899 g/mol. The number of fused-ring (bicyclic) bond motifs is 3. The second-order valence-corrected chi connectivity index (χ2v) is 20.7. The molecule has 70 heavy (non-hydrogen) atoms. The number of piperidine rings is 1. The van der Waals surface area contributed by atoms with Crippen molar-refractivity contribution in [1.29, 1.82) is 0 Å². The summed E-state index contributed by atoms with van der Waals surface area (Å²) < 4.78 is 31.6. The second-order valence-electron chi connectivity index (χ2n) is 20.7. The lowest BCUT2D eigenvalue weighted by atomic mass is 9.77. The first-order chi connectivity index (χ1) is 33.3. The van der Waals surface area contributed by atoms with Crippen LogP contribution in [0.3, 0.4) is 0 Å².